The highest BCUT2D eigenvalue weighted by atomic mass is 33.2. The summed E-state index contributed by atoms with van der Waals surface area (Å²) in [6.07, 6.45) is -0.205. The molecule has 2 aromatic rings. The SMILES string of the molecule is CC(C)(C)[Si](C)(C)OC[C@H]1O[C@@H](n2cnc3c(O)ncnc32)[C@H](O)[C@@H]1OP1(=S)SCCS1. The van der Waals surface area contributed by atoms with Crippen LogP contribution in [0.3, 0.4) is 0 Å². The zero-order valence-corrected chi connectivity index (χ0v) is 23.0. The molecule has 0 bridgehead atoms. The molecule has 2 saturated heterocycles. The molecule has 0 spiro atoms. The zero-order valence-electron chi connectivity index (χ0n) is 18.7. The Hall–Kier alpha value is -0.243. The monoisotopic (exact) mass is 536 g/mol. The van der Waals surface area contributed by atoms with Crippen molar-refractivity contribution >= 4 is 58.7 Å². The molecule has 2 fully saturated rings. The van der Waals surface area contributed by atoms with Crippen molar-refractivity contribution < 1.29 is 23.9 Å². The number of nitrogens with zero attached hydrogens (tertiary/aromatic N) is 4. The quantitative estimate of drug-likeness (QED) is 0.414. The summed E-state index contributed by atoms with van der Waals surface area (Å²) in [4.78, 5) is 12.2. The lowest BCUT2D eigenvalue weighted by Gasteiger charge is -2.37. The smallest absolute Gasteiger partial charge is 0.242 e. The summed E-state index contributed by atoms with van der Waals surface area (Å²) in [5.41, 5.74) is 0.620. The third-order valence-electron chi connectivity index (χ3n) is 6.17. The summed E-state index contributed by atoms with van der Waals surface area (Å²) < 4.78 is 18.6. The first kappa shape index (κ1) is 24.9. The van der Waals surface area contributed by atoms with Crippen molar-refractivity contribution in [3.05, 3.63) is 12.7 Å². The molecule has 9 nitrogen and oxygen atoms in total. The molecule has 0 aliphatic carbocycles. The highest BCUT2D eigenvalue weighted by Gasteiger charge is 2.50. The van der Waals surface area contributed by atoms with Crippen molar-refractivity contribution in [2.24, 2.45) is 0 Å². The van der Waals surface area contributed by atoms with Crippen LogP contribution in [0.5, 0.6) is 5.88 Å². The molecule has 0 unspecified atom stereocenters. The maximum Gasteiger partial charge on any atom is 0.242 e. The van der Waals surface area contributed by atoms with Gasteiger partial charge in [-0.15, -0.1) is 0 Å². The number of aromatic hydroxyl groups is 1. The van der Waals surface area contributed by atoms with Crippen LogP contribution in [-0.2, 0) is 25.5 Å². The molecular formula is C18H29N4O5PS3Si. The van der Waals surface area contributed by atoms with E-state index < -0.39 is 37.5 Å². The number of ether oxygens (including phenoxy) is 1. The van der Waals surface area contributed by atoms with Gasteiger partial charge in [-0.05, 0) is 29.9 Å². The van der Waals surface area contributed by atoms with E-state index >= 15 is 0 Å². The standard InChI is InChI=1S/C18H29N4O5PS3Si/c1-18(2,3)32(4,5)25-8-11-14(27-28(29)30-6-7-31-28)13(23)17(26-11)22-10-21-12-15(22)19-9-20-16(12)24/h9-11,13-14,17,23H,6-8H2,1-5H3,(H,19,20,24)/t11-,13-,14-,17-/m1/s1. The van der Waals surface area contributed by atoms with Gasteiger partial charge < -0.3 is 23.9 Å². The number of aliphatic hydroxyl groups excluding tert-OH is 1. The predicted molar refractivity (Wildman–Crippen MR) is 134 cm³/mol. The number of rotatable bonds is 6. The van der Waals surface area contributed by atoms with E-state index in [-0.39, 0.29) is 16.4 Å². The lowest BCUT2D eigenvalue weighted by atomic mass is 10.1. The van der Waals surface area contributed by atoms with Gasteiger partial charge in [0.15, 0.2) is 30.4 Å². The van der Waals surface area contributed by atoms with Gasteiger partial charge in [0.1, 0.15) is 24.6 Å². The normalized spacial score (nSPS) is 28.6. The number of imidazole rings is 1. The van der Waals surface area contributed by atoms with Gasteiger partial charge in [0.25, 0.3) is 0 Å². The first-order chi connectivity index (χ1) is 14.9. The van der Waals surface area contributed by atoms with Gasteiger partial charge in [0.05, 0.1) is 12.9 Å². The molecule has 4 heterocycles. The molecule has 2 aliphatic heterocycles. The van der Waals surface area contributed by atoms with E-state index in [1.54, 1.807) is 27.3 Å². The molecule has 14 heteroatoms. The molecule has 32 heavy (non-hydrogen) atoms. The van der Waals surface area contributed by atoms with Crippen LogP contribution in [0.1, 0.15) is 27.0 Å². The van der Waals surface area contributed by atoms with E-state index in [0.29, 0.717) is 12.3 Å². The Morgan fingerprint density at radius 2 is 1.97 bits per heavy atom. The Balaban J connectivity index is 1.62. The number of hydrogen-bond donors (Lipinski definition) is 2. The Morgan fingerprint density at radius 1 is 1.28 bits per heavy atom. The van der Waals surface area contributed by atoms with Crippen LogP contribution in [-0.4, -0.2) is 74.5 Å². The van der Waals surface area contributed by atoms with E-state index in [1.165, 1.54) is 12.7 Å². The summed E-state index contributed by atoms with van der Waals surface area (Å²) in [7, 11) is -2.04. The van der Waals surface area contributed by atoms with Crippen LogP contribution in [0.4, 0.5) is 0 Å². The van der Waals surface area contributed by atoms with Gasteiger partial charge in [-0.2, -0.15) is 4.98 Å². The molecule has 2 aliphatic rings. The molecule has 4 atom stereocenters. The summed E-state index contributed by atoms with van der Waals surface area (Å²) >= 11 is 9.13. The van der Waals surface area contributed by atoms with Gasteiger partial charge in [-0.25, -0.2) is 9.97 Å². The number of hydrogen-bond acceptors (Lipinski definition) is 11. The molecule has 2 aromatic heterocycles. The van der Waals surface area contributed by atoms with Gasteiger partial charge in [0, 0.05) is 11.5 Å². The van der Waals surface area contributed by atoms with Gasteiger partial charge in [0.2, 0.25) is 5.88 Å². The Morgan fingerprint density at radius 3 is 2.62 bits per heavy atom. The van der Waals surface area contributed by atoms with Crippen LogP contribution >= 0.6 is 27.4 Å². The lowest BCUT2D eigenvalue weighted by molar-refractivity contribution is -0.0483. The van der Waals surface area contributed by atoms with E-state index in [4.69, 9.17) is 25.5 Å². The average Bonchev–Trinajstić information content (AvgIpc) is 3.39. The highest BCUT2D eigenvalue weighted by Crippen LogP contribution is 2.75. The van der Waals surface area contributed by atoms with Crippen LogP contribution < -0.4 is 0 Å². The molecule has 0 amide bonds. The fraction of sp³-hybridized carbons (Fsp3) is 0.722. The Bertz CT molecular complexity index is 1030. The summed E-state index contributed by atoms with van der Waals surface area (Å²) in [6.45, 7) is 11.2. The number of aliphatic hydroxyl groups is 1. The topological polar surface area (TPSA) is 112 Å². The Labute approximate surface area is 201 Å². The minimum Gasteiger partial charge on any atom is -0.492 e. The van der Waals surface area contributed by atoms with Crippen LogP contribution in [0.25, 0.3) is 11.2 Å². The molecule has 0 aromatic carbocycles. The van der Waals surface area contributed by atoms with Crippen molar-refractivity contribution in [3.8, 4) is 5.88 Å². The van der Waals surface area contributed by atoms with Crippen molar-refractivity contribution in [2.45, 2.75) is 63.4 Å². The third kappa shape index (κ3) is 4.78. The molecule has 4 rings (SSSR count). The maximum absolute atomic E-state index is 11.3. The third-order valence-corrected chi connectivity index (χ3v) is 20.4. The van der Waals surface area contributed by atoms with Crippen molar-refractivity contribution in [1.29, 1.82) is 0 Å². The van der Waals surface area contributed by atoms with Gasteiger partial charge in [-0.1, -0.05) is 43.5 Å². The van der Waals surface area contributed by atoms with E-state index in [2.05, 4.69) is 48.8 Å². The predicted octanol–water partition coefficient (Wildman–Crippen LogP) is 3.90. The largest absolute Gasteiger partial charge is 0.492 e. The van der Waals surface area contributed by atoms with Crippen molar-refractivity contribution in [3.63, 3.8) is 0 Å². The maximum atomic E-state index is 11.3. The van der Waals surface area contributed by atoms with Crippen LogP contribution in [0.2, 0.25) is 18.1 Å². The zero-order chi connectivity index (χ0) is 23.3. The van der Waals surface area contributed by atoms with E-state index in [9.17, 15) is 10.2 Å². The lowest BCUT2D eigenvalue weighted by Crippen LogP contribution is -2.44. The fourth-order valence-electron chi connectivity index (χ4n) is 3.29. The van der Waals surface area contributed by atoms with Gasteiger partial charge >= 0.3 is 0 Å². The van der Waals surface area contributed by atoms with E-state index in [1.807, 2.05) is 0 Å². The second-order valence-corrected chi connectivity index (χ2v) is 24.8. The first-order valence-corrected chi connectivity index (χ1v) is 19.1. The Kier molecular flexibility index (Phi) is 7.06. The molecule has 178 valence electrons. The first-order valence-electron chi connectivity index (χ1n) is 10.3. The number of aromatic nitrogens is 4. The minimum atomic E-state index is -2.16. The van der Waals surface area contributed by atoms with E-state index in [0.717, 1.165) is 11.5 Å². The summed E-state index contributed by atoms with van der Waals surface area (Å²) in [5, 5.41) is 21.3. The molecule has 2 N–H and O–H groups in total. The number of fused-ring (bicyclic) bond motifs is 1. The summed E-state index contributed by atoms with van der Waals surface area (Å²) in [5.74, 6) is 1.67. The average molecular weight is 537 g/mol. The second kappa shape index (κ2) is 9.08. The second-order valence-electron chi connectivity index (χ2n) is 9.33. The molecule has 0 radical (unpaired) electrons. The van der Waals surface area contributed by atoms with Crippen LogP contribution in [0, 0.1) is 0 Å². The van der Waals surface area contributed by atoms with Crippen LogP contribution in [0.15, 0.2) is 12.7 Å². The molecular weight excluding hydrogens is 507 g/mol. The minimum absolute atomic E-state index is 0.0400. The summed E-state index contributed by atoms with van der Waals surface area (Å²) in [6, 6.07) is 0. The molecule has 0 saturated carbocycles. The van der Waals surface area contributed by atoms with Crippen molar-refractivity contribution in [2.75, 3.05) is 18.1 Å². The van der Waals surface area contributed by atoms with Crippen molar-refractivity contribution in [1.82, 2.24) is 19.5 Å². The highest BCUT2D eigenvalue weighted by molar-refractivity contribution is 9.00. The fourth-order valence-corrected chi connectivity index (χ4v) is 13.6. The van der Waals surface area contributed by atoms with Gasteiger partial charge in [-0.3, -0.25) is 4.57 Å².